The molecule has 1 aromatic rings. The molecule has 74 valence electrons. The zero-order valence-corrected chi connectivity index (χ0v) is 9.34. The molecule has 2 heteroatoms. The zero-order chi connectivity index (χ0) is 10.6. The number of hydrogen-bond acceptors (Lipinski definition) is 2. The van der Waals surface area contributed by atoms with Crippen molar-refractivity contribution in [2.45, 2.75) is 18.7 Å². The first-order chi connectivity index (χ1) is 6.59. The largest absolute Gasteiger partial charge is 0.465 e. The van der Waals surface area contributed by atoms with Gasteiger partial charge in [0.2, 0.25) is 0 Å². The van der Waals surface area contributed by atoms with Crippen molar-refractivity contribution in [2.75, 3.05) is 0 Å². The molecule has 14 heavy (non-hydrogen) atoms. The molecule has 0 aliphatic carbocycles. The van der Waals surface area contributed by atoms with E-state index < -0.39 is 0 Å². The molecule has 0 spiro atoms. The minimum atomic E-state index is 0.652. The van der Waals surface area contributed by atoms with E-state index in [1.54, 1.807) is 6.26 Å². The van der Waals surface area contributed by atoms with Gasteiger partial charge in [-0.1, -0.05) is 18.7 Å². The topological polar surface area (TPSA) is 9.23 Å². The summed E-state index contributed by atoms with van der Waals surface area (Å²) in [4.78, 5) is 0.934. The van der Waals surface area contributed by atoms with Crippen molar-refractivity contribution in [3.05, 3.63) is 48.2 Å². The Morgan fingerprint density at radius 3 is 2.36 bits per heavy atom. The Hall–Kier alpha value is -1.15. The molecule has 0 radical (unpaired) electrons. The van der Waals surface area contributed by atoms with Gasteiger partial charge in [0.25, 0.3) is 0 Å². The van der Waals surface area contributed by atoms with Gasteiger partial charge in [-0.05, 0) is 31.6 Å². The molecule has 0 N–H and O–H groups in total. The van der Waals surface area contributed by atoms with Gasteiger partial charge in [0.1, 0.15) is 5.76 Å². The highest BCUT2D eigenvalue weighted by atomic mass is 32.1. The lowest BCUT2D eigenvalue weighted by atomic mass is 10.2. The van der Waals surface area contributed by atoms with Crippen LogP contribution in [0.4, 0.5) is 0 Å². The van der Waals surface area contributed by atoms with Gasteiger partial charge < -0.3 is 4.74 Å². The van der Waals surface area contributed by atoms with Crippen molar-refractivity contribution in [2.24, 2.45) is 0 Å². The average Bonchev–Trinajstić information content (AvgIpc) is 2.15. The maximum atomic E-state index is 5.35. The smallest absolute Gasteiger partial charge is 0.126 e. The highest BCUT2D eigenvalue weighted by molar-refractivity contribution is 7.80. The zero-order valence-electron chi connectivity index (χ0n) is 8.45. The maximum absolute atomic E-state index is 5.35. The number of benzene rings is 1. The summed E-state index contributed by atoms with van der Waals surface area (Å²) < 4.78 is 5.35. The maximum Gasteiger partial charge on any atom is 0.126 e. The van der Waals surface area contributed by atoms with Crippen LogP contribution in [0.25, 0.3) is 5.76 Å². The van der Waals surface area contributed by atoms with E-state index in [0.29, 0.717) is 5.76 Å². The first-order valence-corrected chi connectivity index (χ1v) is 4.82. The molecule has 0 atom stereocenters. The molecule has 0 aromatic heterocycles. The van der Waals surface area contributed by atoms with E-state index in [4.69, 9.17) is 4.74 Å². The third-order valence-corrected chi connectivity index (χ3v) is 1.92. The Morgan fingerprint density at radius 1 is 1.29 bits per heavy atom. The lowest BCUT2D eigenvalue weighted by molar-refractivity contribution is 0.433. The molecule has 0 saturated heterocycles. The lowest BCUT2D eigenvalue weighted by Crippen LogP contribution is -1.84. The summed E-state index contributed by atoms with van der Waals surface area (Å²) in [5.74, 6) is 0.652. The highest BCUT2D eigenvalue weighted by Crippen LogP contribution is 2.16. The summed E-state index contributed by atoms with van der Waals surface area (Å²) in [6.45, 7) is 7.79. The van der Waals surface area contributed by atoms with Crippen molar-refractivity contribution < 1.29 is 4.74 Å². The fourth-order valence-electron chi connectivity index (χ4n) is 0.904. The average molecular weight is 206 g/mol. The Labute approximate surface area is 90.5 Å². The van der Waals surface area contributed by atoms with Gasteiger partial charge in [-0.25, -0.2) is 0 Å². The highest BCUT2D eigenvalue weighted by Gasteiger charge is 1.97. The molecule has 1 nitrogen and oxygen atoms in total. The Morgan fingerprint density at radius 2 is 1.86 bits per heavy atom. The number of thiol groups is 1. The van der Waals surface area contributed by atoms with E-state index in [1.807, 2.05) is 38.1 Å². The van der Waals surface area contributed by atoms with Gasteiger partial charge in [-0.15, -0.1) is 12.6 Å². The summed E-state index contributed by atoms with van der Waals surface area (Å²) in [5, 5.41) is 0. The minimum Gasteiger partial charge on any atom is -0.465 e. The van der Waals surface area contributed by atoms with E-state index in [9.17, 15) is 0 Å². The molecule has 0 aliphatic rings. The Bertz CT molecular complexity index is 345. The number of ether oxygens (including phenoxy) is 1. The van der Waals surface area contributed by atoms with Gasteiger partial charge in [-0.3, -0.25) is 0 Å². The lowest BCUT2D eigenvalue weighted by Gasteiger charge is -2.05. The summed E-state index contributed by atoms with van der Waals surface area (Å²) in [7, 11) is 0. The Kier molecular flexibility index (Phi) is 3.84. The second kappa shape index (κ2) is 4.91. The molecule has 0 fully saturated rings. The molecule has 1 aromatic carbocycles. The second-order valence-corrected chi connectivity index (χ2v) is 3.80. The summed E-state index contributed by atoms with van der Waals surface area (Å²) >= 11 is 4.20. The first-order valence-electron chi connectivity index (χ1n) is 4.38. The predicted octanol–water partition coefficient (Wildman–Crippen LogP) is 3.89. The van der Waals surface area contributed by atoms with Gasteiger partial charge in [0, 0.05) is 10.5 Å². The van der Waals surface area contributed by atoms with Crippen LogP contribution in [0.1, 0.15) is 19.4 Å². The van der Waals surface area contributed by atoms with Crippen LogP contribution in [0.15, 0.2) is 47.6 Å². The molecular weight excluding hydrogens is 192 g/mol. The standard InChI is InChI=1S/C12H14OS/c1-9(2)8-13-10(3)11-4-6-12(14)7-5-11/h4-8,14H,3H2,1-2H3. The number of rotatable bonds is 3. The fraction of sp³-hybridized carbons (Fsp3) is 0.167. The third-order valence-electron chi connectivity index (χ3n) is 1.63. The summed E-state index contributed by atoms with van der Waals surface area (Å²) in [6.07, 6.45) is 1.69. The first kappa shape index (κ1) is 10.9. The van der Waals surface area contributed by atoms with E-state index in [2.05, 4.69) is 19.2 Å². The monoisotopic (exact) mass is 206 g/mol. The molecule has 0 amide bonds. The second-order valence-electron chi connectivity index (χ2n) is 3.28. The van der Waals surface area contributed by atoms with Gasteiger partial charge in [0.15, 0.2) is 0 Å². The minimum absolute atomic E-state index is 0.652. The fourth-order valence-corrected chi connectivity index (χ4v) is 1.05. The van der Waals surface area contributed by atoms with Crippen LogP contribution < -0.4 is 0 Å². The molecule has 1 rings (SSSR count). The molecular formula is C12H14OS. The van der Waals surface area contributed by atoms with Crippen molar-refractivity contribution in [3.63, 3.8) is 0 Å². The van der Waals surface area contributed by atoms with Gasteiger partial charge in [-0.2, -0.15) is 0 Å². The van der Waals surface area contributed by atoms with Crippen LogP contribution in [0, 0.1) is 0 Å². The van der Waals surface area contributed by atoms with Crippen LogP contribution in [0.2, 0.25) is 0 Å². The normalized spacial score (nSPS) is 9.36. The van der Waals surface area contributed by atoms with E-state index >= 15 is 0 Å². The summed E-state index contributed by atoms with van der Waals surface area (Å²) in [5.41, 5.74) is 2.08. The number of allylic oxidation sites excluding steroid dienone is 1. The quantitative estimate of drug-likeness (QED) is 0.583. The predicted molar refractivity (Wildman–Crippen MR) is 63.2 cm³/mol. The summed E-state index contributed by atoms with van der Waals surface area (Å²) in [6, 6.07) is 7.69. The van der Waals surface area contributed by atoms with Gasteiger partial charge in [0.05, 0.1) is 6.26 Å². The van der Waals surface area contributed by atoms with E-state index in [-0.39, 0.29) is 0 Å². The van der Waals surface area contributed by atoms with Crippen LogP contribution in [-0.4, -0.2) is 0 Å². The molecule has 0 aliphatic heterocycles. The van der Waals surface area contributed by atoms with Crippen LogP contribution >= 0.6 is 12.6 Å². The molecule has 0 heterocycles. The SMILES string of the molecule is C=C(OC=C(C)C)c1ccc(S)cc1. The van der Waals surface area contributed by atoms with Crippen molar-refractivity contribution >= 4 is 18.4 Å². The molecule has 0 unspecified atom stereocenters. The van der Waals surface area contributed by atoms with Crippen molar-refractivity contribution in [1.29, 1.82) is 0 Å². The van der Waals surface area contributed by atoms with Crippen molar-refractivity contribution in [1.82, 2.24) is 0 Å². The molecule has 0 saturated carbocycles. The van der Waals surface area contributed by atoms with E-state index in [0.717, 1.165) is 16.0 Å². The molecule has 0 bridgehead atoms. The van der Waals surface area contributed by atoms with Crippen LogP contribution in [-0.2, 0) is 4.74 Å². The van der Waals surface area contributed by atoms with Crippen LogP contribution in [0.3, 0.4) is 0 Å². The van der Waals surface area contributed by atoms with Gasteiger partial charge >= 0.3 is 0 Å². The van der Waals surface area contributed by atoms with Crippen molar-refractivity contribution in [3.8, 4) is 0 Å². The van der Waals surface area contributed by atoms with Crippen LogP contribution in [0.5, 0.6) is 0 Å². The number of hydrogen-bond donors (Lipinski definition) is 1. The Balaban J connectivity index is 2.70. The third kappa shape index (κ3) is 3.30. The van der Waals surface area contributed by atoms with E-state index in [1.165, 1.54) is 0 Å².